The molecule has 1 heterocycles. The highest BCUT2D eigenvalue weighted by molar-refractivity contribution is 7.99. The number of benzene rings is 1. The van der Waals surface area contributed by atoms with Crippen LogP contribution in [0.2, 0.25) is 5.02 Å². The second kappa shape index (κ2) is 4.93. The van der Waals surface area contributed by atoms with E-state index in [1.54, 1.807) is 12.1 Å². The first-order valence-electron chi connectivity index (χ1n) is 4.95. The summed E-state index contributed by atoms with van der Waals surface area (Å²) in [7, 11) is 0. The molecule has 0 radical (unpaired) electrons. The fourth-order valence-corrected chi connectivity index (χ4v) is 3.03. The number of hydrogen-bond donors (Lipinski definition) is 1. The second-order valence-electron chi connectivity index (χ2n) is 3.63. The number of nitro benzene ring substituents is 1. The summed E-state index contributed by atoms with van der Waals surface area (Å²) in [5.41, 5.74) is 0.802. The Morgan fingerprint density at radius 3 is 2.94 bits per heavy atom. The molecule has 1 unspecified atom stereocenters. The maximum atomic E-state index is 10.6. The predicted molar refractivity (Wildman–Crippen MR) is 67.5 cm³/mol. The summed E-state index contributed by atoms with van der Waals surface area (Å²) in [5.74, 6) is 2.24. The molecule has 1 N–H and O–H groups in total. The van der Waals surface area contributed by atoms with Crippen molar-refractivity contribution in [3.05, 3.63) is 33.3 Å². The Balaban J connectivity index is 2.11. The number of halogens is 1. The molecule has 16 heavy (non-hydrogen) atoms. The van der Waals surface area contributed by atoms with E-state index < -0.39 is 4.92 Å². The highest BCUT2D eigenvalue weighted by Gasteiger charge is 2.17. The molecule has 1 aromatic rings. The van der Waals surface area contributed by atoms with Gasteiger partial charge in [0.2, 0.25) is 0 Å². The molecular formula is C10H11ClN2O2S. The van der Waals surface area contributed by atoms with Crippen molar-refractivity contribution < 1.29 is 4.92 Å². The van der Waals surface area contributed by atoms with Gasteiger partial charge in [-0.05, 0) is 24.3 Å². The zero-order valence-corrected chi connectivity index (χ0v) is 10.1. The Kier molecular flexibility index (Phi) is 3.56. The summed E-state index contributed by atoms with van der Waals surface area (Å²) >= 11 is 7.73. The van der Waals surface area contributed by atoms with Gasteiger partial charge in [0, 0.05) is 23.5 Å². The highest BCUT2D eigenvalue weighted by Crippen LogP contribution is 2.29. The van der Waals surface area contributed by atoms with Gasteiger partial charge in [-0.1, -0.05) is 11.6 Å². The van der Waals surface area contributed by atoms with Crippen LogP contribution in [0.25, 0.3) is 0 Å². The van der Waals surface area contributed by atoms with E-state index in [1.807, 2.05) is 11.8 Å². The summed E-state index contributed by atoms with van der Waals surface area (Å²) in [4.78, 5) is 10.1. The van der Waals surface area contributed by atoms with Crippen molar-refractivity contribution in [3.63, 3.8) is 0 Å². The highest BCUT2D eigenvalue weighted by atomic mass is 35.5. The Morgan fingerprint density at radius 1 is 1.56 bits per heavy atom. The van der Waals surface area contributed by atoms with Gasteiger partial charge in [0.25, 0.3) is 5.69 Å². The van der Waals surface area contributed by atoms with E-state index in [4.69, 9.17) is 11.6 Å². The van der Waals surface area contributed by atoms with Crippen LogP contribution in [0, 0.1) is 10.1 Å². The third-order valence-corrected chi connectivity index (χ3v) is 3.91. The van der Waals surface area contributed by atoms with Crippen molar-refractivity contribution in [1.82, 2.24) is 0 Å². The SMILES string of the molecule is O=[N+]([O-])c1ccc(NC2CCSC2)cc1Cl. The molecule has 1 saturated heterocycles. The lowest BCUT2D eigenvalue weighted by molar-refractivity contribution is -0.384. The molecule has 1 aromatic carbocycles. The molecule has 0 amide bonds. The van der Waals surface area contributed by atoms with Gasteiger partial charge in [0.05, 0.1) is 4.92 Å². The summed E-state index contributed by atoms with van der Waals surface area (Å²) in [6.45, 7) is 0. The van der Waals surface area contributed by atoms with Gasteiger partial charge in [-0.2, -0.15) is 11.8 Å². The third kappa shape index (κ3) is 2.59. The minimum atomic E-state index is -0.475. The predicted octanol–water partition coefficient (Wildman–Crippen LogP) is 3.17. The second-order valence-corrected chi connectivity index (χ2v) is 5.19. The molecule has 1 aliphatic rings. The lowest BCUT2D eigenvalue weighted by Crippen LogP contribution is -2.17. The Bertz CT molecular complexity index is 408. The molecule has 0 spiro atoms. The van der Waals surface area contributed by atoms with Crippen LogP contribution in [0.3, 0.4) is 0 Å². The standard InChI is InChI=1S/C10H11ClN2O2S/c11-9-5-7(1-2-10(9)13(14)15)12-8-3-4-16-6-8/h1-2,5,8,12H,3-4,6H2. The van der Waals surface area contributed by atoms with Gasteiger partial charge in [-0.25, -0.2) is 0 Å². The summed E-state index contributed by atoms with van der Waals surface area (Å²) in [6, 6.07) is 5.20. The average molecular weight is 259 g/mol. The van der Waals surface area contributed by atoms with Crippen LogP contribution in [-0.2, 0) is 0 Å². The Hall–Kier alpha value is -0.940. The molecule has 0 aromatic heterocycles. The quantitative estimate of drug-likeness (QED) is 0.668. The van der Waals surface area contributed by atoms with Crippen molar-refractivity contribution in [1.29, 1.82) is 0 Å². The smallest absolute Gasteiger partial charge is 0.288 e. The molecule has 0 bridgehead atoms. The number of thioether (sulfide) groups is 1. The molecule has 6 heteroatoms. The number of nitro groups is 1. The van der Waals surface area contributed by atoms with Gasteiger partial charge >= 0.3 is 0 Å². The lowest BCUT2D eigenvalue weighted by Gasteiger charge is -2.12. The van der Waals surface area contributed by atoms with Crippen LogP contribution >= 0.6 is 23.4 Å². The van der Waals surface area contributed by atoms with Crippen LogP contribution in [0.1, 0.15) is 6.42 Å². The van der Waals surface area contributed by atoms with Gasteiger partial charge in [0.15, 0.2) is 0 Å². The number of nitrogens with zero attached hydrogens (tertiary/aromatic N) is 1. The molecule has 86 valence electrons. The first kappa shape index (κ1) is 11.5. The first-order valence-corrected chi connectivity index (χ1v) is 6.48. The fraction of sp³-hybridized carbons (Fsp3) is 0.400. The van der Waals surface area contributed by atoms with E-state index in [1.165, 1.54) is 11.8 Å². The van der Waals surface area contributed by atoms with Crippen LogP contribution in [-0.4, -0.2) is 22.5 Å². The molecule has 0 saturated carbocycles. The van der Waals surface area contributed by atoms with Gasteiger partial charge in [-0.15, -0.1) is 0 Å². The van der Waals surface area contributed by atoms with Crippen molar-refractivity contribution in [3.8, 4) is 0 Å². The maximum Gasteiger partial charge on any atom is 0.288 e. The molecule has 1 fully saturated rings. The fourth-order valence-electron chi connectivity index (χ4n) is 1.63. The van der Waals surface area contributed by atoms with E-state index in [0.717, 1.165) is 17.9 Å². The Labute approximate surface area is 103 Å². The molecule has 2 rings (SSSR count). The van der Waals surface area contributed by atoms with Crippen LogP contribution in [0.4, 0.5) is 11.4 Å². The Morgan fingerprint density at radius 2 is 2.38 bits per heavy atom. The van der Waals surface area contributed by atoms with Crippen molar-refractivity contribution in [2.24, 2.45) is 0 Å². The third-order valence-electron chi connectivity index (χ3n) is 2.44. The van der Waals surface area contributed by atoms with Crippen molar-refractivity contribution >= 4 is 34.7 Å². The zero-order valence-electron chi connectivity index (χ0n) is 8.48. The topological polar surface area (TPSA) is 55.2 Å². The van der Waals surface area contributed by atoms with Crippen LogP contribution < -0.4 is 5.32 Å². The summed E-state index contributed by atoms with van der Waals surface area (Å²) < 4.78 is 0. The minimum Gasteiger partial charge on any atom is -0.381 e. The van der Waals surface area contributed by atoms with Crippen molar-refractivity contribution in [2.75, 3.05) is 16.8 Å². The van der Waals surface area contributed by atoms with Crippen LogP contribution in [0.5, 0.6) is 0 Å². The van der Waals surface area contributed by atoms with E-state index in [2.05, 4.69) is 5.32 Å². The van der Waals surface area contributed by atoms with E-state index in [0.29, 0.717) is 6.04 Å². The van der Waals surface area contributed by atoms with Crippen molar-refractivity contribution in [2.45, 2.75) is 12.5 Å². The molecule has 4 nitrogen and oxygen atoms in total. The number of nitrogens with one attached hydrogen (secondary N) is 1. The molecular weight excluding hydrogens is 248 g/mol. The summed E-state index contributed by atoms with van der Waals surface area (Å²) in [6.07, 6.45) is 1.12. The van der Waals surface area contributed by atoms with Gasteiger partial charge in [-0.3, -0.25) is 10.1 Å². The number of rotatable bonds is 3. The summed E-state index contributed by atoms with van der Waals surface area (Å²) in [5, 5.41) is 14.1. The van der Waals surface area contributed by atoms with E-state index in [9.17, 15) is 10.1 Å². The molecule has 1 atom stereocenters. The number of hydrogen-bond acceptors (Lipinski definition) is 4. The average Bonchev–Trinajstić information content (AvgIpc) is 2.70. The monoisotopic (exact) mass is 258 g/mol. The normalized spacial score (nSPS) is 19.7. The molecule has 1 aliphatic heterocycles. The largest absolute Gasteiger partial charge is 0.381 e. The van der Waals surface area contributed by atoms with E-state index >= 15 is 0 Å². The van der Waals surface area contributed by atoms with E-state index in [-0.39, 0.29) is 10.7 Å². The first-order chi connectivity index (χ1) is 7.66. The van der Waals surface area contributed by atoms with Crippen LogP contribution in [0.15, 0.2) is 18.2 Å². The van der Waals surface area contributed by atoms with Gasteiger partial charge < -0.3 is 5.32 Å². The lowest BCUT2D eigenvalue weighted by atomic mass is 10.2. The zero-order chi connectivity index (χ0) is 11.5. The molecule has 0 aliphatic carbocycles. The number of anilines is 1. The van der Waals surface area contributed by atoms with Gasteiger partial charge in [0.1, 0.15) is 5.02 Å². The minimum absolute atomic E-state index is 0.0481. The maximum absolute atomic E-state index is 10.6.